The van der Waals surface area contributed by atoms with Crippen molar-refractivity contribution in [1.82, 2.24) is 4.90 Å². The molecule has 0 radical (unpaired) electrons. The third-order valence-corrected chi connectivity index (χ3v) is 4.40. The third kappa shape index (κ3) is 6.84. The molecule has 22 heavy (non-hydrogen) atoms. The van der Waals surface area contributed by atoms with Crippen LogP contribution in [0.3, 0.4) is 0 Å². The lowest BCUT2D eigenvalue weighted by Crippen LogP contribution is -2.54. The fourth-order valence-corrected chi connectivity index (χ4v) is 3.01. The topological polar surface area (TPSA) is 48.0 Å². The summed E-state index contributed by atoms with van der Waals surface area (Å²) in [6, 6.07) is 0. The molecule has 0 saturated carbocycles. The van der Waals surface area contributed by atoms with E-state index in [1.54, 1.807) is 4.90 Å². The molecule has 1 atom stereocenters. The Labute approximate surface area is 142 Å². The molecule has 1 heterocycles. The largest absolute Gasteiger partial charge is 0.444 e. The van der Waals surface area contributed by atoms with E-state index in [2.05, 4.69) is 15.9 Å². The van der Waals surface area contributed by atoms with Crippen LogP contribution in [0, 0.1) is 0 Å². The molecule has 1 aliphatic heterocycles. The highest BCUT2D eigenvalue weighted by Gasteiger charge is 2.38. The average molecular weight is 380 g/mol. The summed E-state index contributed by atoms with van der Waals surface area (Å²) in [5.41, 5.74) is -0.826. The highest BCUT2D eigenvalue weighted by molar-refractivity contribution is 9.09. The Morgan fingerprint density at radius 3 is 2.55 bits per heavy atom. The molecule has 0 spiro atoms. The lowest BCUT2D eigenvalue weighted by molar-refractivity contribution is -0.0943. The molecule has 0 N–H and O–H groups in total. The first kappa shape index (κ1) is 19.7. The van der Waals surface area contributed by atoms with Crippen LogP contribution in [0.2, 0.25) is 0 Å². The van der Waals surface area contributed by atoms with E-state index in [1.165, 1.54) is 0 Å². The highest BCUT2D eigenvalue weighted by Crippen LogP contribution is 2.28. The second-order valence-corrected chi connectivity index (χ2v) is 7.65. The molecule has 0 aromatic carbocycles. The lowest BCUT2D eigenvalue weighted by atomic mass is 9.95. The Hall–Kier alpha value is -0.330. The molecule has 1 amide bonds. The van der Waals surface area contributed by atoms with Gasteiger partial charge in [-0.25, -0.2) is 4.79 Å². The molecule has 6 heteroatoms. The van der Waals surface area contributed by atoms with Crippen molar-refractivity contribution < 1.29 is 19.0 Å². The van der Waals surface area contributed by atoms with Crippen molar-refractivity contribution in [2.75, 3.05) is 31.6 Å². The molecule has 5 nitrogen and oxygen atoms in total. The van der Waals surface area contributed by atoms with Gasteiger partial charge in [-0.15, -0.1) is 0 Å². The van der Waals surface area contributed by atoms with Crippen molar-refractivity contribution in [3.63, 3.8) is 0 Å². The number of halogens is 1. The average Bonchev–Trinajstić information content (AvgIpc) is 2.42. The van der Waals surface area contributed by atoms with E-state index in [9.17, 15) is 4.79 Å². The smallest absolute Gasteiger partial charge is 0.410 e. The molecule has 0 aromatic heterocycles. The van der Waals surface area contributed by atoms with Crippen LogP contribution in [0.15, 0.2) is 0 Å². The lowest BCUT2D eigenvalue weighted by Gasteiger charge is -2.41. The summed E-state index contributed by atoms with van der Waals surface area (Å²) in [6.45, 7) is 12.0. The van der Waals surface area contributed by atoms with E-state index in [-0.39, 0.29) is 17.8 Å². The molecule has 1 rings (SSSR count). The molecule has 1 aliphatic rings. The van der Waals surface area contributed by atoms with Gasteiger partial charge in [0, 0.05) is 11.9 Å². The predicted molar refractivity (Wildman–Crippen MR) is 90.6 cm³/mol. The fraction of sp³-hybridized carbons (Fsp3) is 0.938. The van der Waals surface area contributed by atoms with Gasteiger partial charge in [-0.3, -0.25) is 0 Å². The SMILES string of the molecule is CC(C)OCCOC1(CBr)CCCN(C(=O)OC(C)(C)C)C1. The van der Waals surface area contributed by atoms with Crippen molar-refractivity contribution in [3.05, 3.63) is 0 Å². The summed E-state index contributed by atoms with van der Waals surface area (Å²) in [5, 5.41) is 0.695. The van der Waals surface area contributed by atoms with Crippen LogP contribution in [0.1, 0.15) is 47.5 Å². The second kappa shape index (κ2) is 8.50. The first-order chi connectivity index (χ1) is 10.2. The van der Waals surface area contributed by atoms with Crippen LogP contribution in [0.5, 0.6) is 0 Å². The molecule has 1 saturated heterocycles. The summed E-state index contributed by atoms with van der Waals surface area (Å²) < 4.78 is 17.0. The molecule has 130 valence electrons. The number of carbonyl (C=O) groups excluding carboxylic acids is 1. The van der Waals surface area contributed by atoms with E-state index in [1.807, 2.05) is 34.6 Å². The third-order valence-electron chi connectivity index (χ3n) is 3.38. The van der Waals surface area contributed by atoms with Crippen LogP contribution >= 0.6 is 15.9 Å². The molecule has 0 aliphatic carbocycles. The van der Waals surface area contributed by atoms with Crippen LogP contribution in [0.25, 0.3) is 0 Å². The molecule has 0 aromatic rings. The fourth-order valence-electron chi connectivity index (χ4n) is 2.39. The minimum absolute atomic E-state index is 0.202. The van der Waals surface area contributed by atoms with Gasteiger partial charge in [-0.05, 0) is 47.5 Å². The Morgan fingerprint density at radius 1 is 1.32 bits per heavy atom. The van der Waals surface area contributed by atoms with Crippen molar-refractivity contribution in [2.24, 2.45) is 0 Å². The maximum Gasteiger partial charge on any atom is 0.410 e. The standard InChI is InChI=1S/C16H30BrNO4/c1-13(2)20-9-10-21-16(11-17)7-6-8-18(12-16)14(19)22-15(3,4)5/h13H,6-12H2,1-5H3. The number of carbonyl (C=O) groups is 1. The van der Waals surface area contributed by atoms with E-state index in [0.29, 0.717) is 25.1 Å². The second-order valence-electron chi connectivity index (χ2n) is 7.09. The zero-order valence-electron chi connectivity index (χ0n) is 14.5. The van der Waals surface area contributed by atoms with Crippen molar-refractivity contribution in [1.29, 1.82) is 0 Å². The Kier molecular flexibility index (Phi) is 7.62. The monoisotopic (exact) mass is 379 g/mol. The van der Waals surface area contributed by atoms with Gasteiger partial charge in [0.1, 0.15) is 5.60 Å². The number of hydrogen-bond acceptors (Lipinski definition) is 4. The maximum absolute atomic E-state index is 12.2. The van der Waals surface area contributed by atoms with Crippen LogP contribution in [0.4, 0.5) is 4.79 Å². The number of nitrogens with zero attached hydrogens (tertiary/aromatic N) is 1. The van der Waals surface area contributed by atoms with Gasteiger partial charge in [0.05, 0.1) is 31.5 Å². The van der Waals surface area contributed by atoms with Gasteiger partial charge in [-0.1, -0.05) is 15.9 Å². The number of rotatable bonds is 6. The van der Waals surface area contributed by atoms with Crippen LogP contribution < -0.4 is 0 Å². The number of piperidine rings is 1. The van der Waals surface area contributed by atoms with Gasteiger partial charge in [-0.2, -0.15) is 0 Å². The summed E-state index contributed by atoms with van der Waals surface area (Å²) >= 11 is 3.54. The Bertz CT molecular complexity index is 357. The van der Waals surface area contributed by atoms with Gasteiger partial charge in [0.2, 0.25) is 0 Å². The van der Waals surface area contributed by atoms with Crippen molar-refractivity contribution >= 4 is 22.0 Å². The number of likely N-dealkylation sites (tertiary alicyclic amines) is 1. The summed E-state index contributed by atoms with van der Waals surface area (Å²) in [4.78, 5) is 14.0. The first-order valence-electron chi connectivity index (χ1n) is 7.97. The molecule has 0 bridgehead atoms. The quantitative estimate of drug-likeness (QED) is 0.522. The van der Waals surface area contributed by atoms with E-state index in [0.717, 1.165) is 19.4 Å². The Morgan fingerprint density at radius 2 is 2.00 bits per heavy atom. The van der Waals surface area contributed by atoms with E-state index in [4.69, 9.17) is 14.2 Å². The normalized spacial score (nSPS) is 23.0. The number of amides is 1. The van der Waals surface area contributed by atoms with E-state index >= 15 is 0 Å². The predicted octanol–water partition coefficient (Wildman–Crippen LogP) is 3.59. The molecular weight excluding hydrogens is 350 g/mol. The highest BCUT2D eigenvalue weighted by atomic mass is 79.9. The maximum atomic E-state index is 12.2. The van der Waals surface area contributed by atoms with Gasteiger partial charge in [0.15, 0.2) is 0 Å². The minimum Gasteiger partial charge on any atom is -0.444 e. The van der Waals surface area contributed by atoms with Crippen molar-refractivity contribution in [2.45, 2.75) is 64.8 Å². The van der Waals surface area contributed by atoms with Gasteiger partial charge < -0.3 is 19.1 Å². The molecular formula is C16H30BrNO4. The Balaban J connectivity index is 2.55. The van der Waals surface area contributed by atoms with Gasteiger partial charge in [0.25, 0.3) is 0 Å². The summed E-state index contributed by atoms with van der Waals surface area (Å²) in [7, 11) is 0. The number of alkyl halides is 1. The van der Waals surface area contributed by atoms with Crippen LogP contribution in [-0.2, 0) is 14.2 Å². The van der Waals surface area contributed by atoms with E-state index < -0.39 is 5.60 Å². The minimum atomic E-state index is -0.475. The summed E-state index contributed by atoms with van der Waals surface area (Å²) in [6.07, 6.45) is 1.78. The van der Waals surface area contributed by atoms with Gasteiger partial charge >= 0.3 is 6.09 Å². The van der Waals surface area contributed by atoms with Crippen LogP contribution in [-0.4, -0.2) is 59.9 Å². The zero-order chi connectivity index (χ0) is 16.8. The van der Waals surface area contributed by atoms with Crippen molar-refractivity contribution in [3.8, 4) is 0 Å². The number of hydrogen-bond donors (Lipinski definition) is 0. The summed E-state index contributed by atoms with van der Waals surface area (Å²) in [5.74, 6) is 0. The number of ether oxygens (including phenoxy) is 3. The molecule has 1 fully saturated rings. The zero-order valence-corrected chi connectivity index (χ0v) is 16.1. The molecule has 1 unspecified atom stereocenters. The first-order valence-corrected chi connectivity index (χ1v) is 9.09.